The Bertz CT molecular complexity index is 688. The van der Waals surface area contributed by atoms with Crippen LogP contribution in [0.2, 0.25) is 5.02 Å². The van der Waals surface area contributed by atoms with E-state index in [1.165, 1.54) is 30.6 Å². The molecule has 0 saturated carbocycles. The topological polar surface area (TPSA) is 85.1 Å². The quantitative estimate of drug-likeness (QED) is 0.695. The second kappa shape index (κ2) is 5.66. The van der Waals surface area contributed by atoms with Crippen molar-refractivity contribution in [1.29, 1.82) is 0 Å². The minimum atomic E-state index is -0.522. The molecule has 0 unspecified atom stereocenters. The van der Waals surface area contributed by atoms with Gasteiger partial charge in [-0.3, -0.25) is 19.9 Å². The Morgan fingerprint density at radius 3 is 2.80 bits per heavy atom. The molecule has 1 N–H and O–H groups in total. The molecule has 2 rings (SSSR count). The largest absolute Gasteiger partial charge is 0.321 e. The first-order valence-corrected chi connectivity index (χ1v) is 6.02. The lowest BCUT2D eigenvalue weighted by atomic mass is 10.1. The molecule has 6 nitrogen and oxygen atoms in total. The van der Waals surface area contributed by atoms with Gasteiger partial charge >= 0.3 is 0 Å². The van der Waals surface area contributed by atoms with Crippen molar-refractivity contribution < 1.29 is 9.72 Å². The number of non-ortho nitro benzene ring substituents is 1. The second-order valence-electron chi connectivity index (χ2n) is 4.07. The number of amides is 1. The maximum atomic E-state index is 12.1. The summed E-state index contributed by atoms with van der Waals surface area (Å²) in [5.41, 5.74) is 1.19. The molecule has 0 saturated heterocycles. The number of carbonyl (C=O) groups is 1. The molecule has 0 aliphatic rings. The molecule has 1 aromatic carbocycles. The van der Waals surface area contributed by atoms with E-state index < -0.39 is 10.8 Å². The number of nitro benzene ring substituents is 1. The van der Waals surface area contributed by atoms with Gasteiger partial charge in [-0.15, -0.1) is 0 Å². The Balaban J connectivity index is 2.30. The number of hydrogen-bond donors (Lipinski definition) is 1. The van der Waals surface area contributed by atoms with E-state index in [1.54, 1.807) is 13.0 Å². The van der Waals surface area contributed by atoms with Gasteiger partial charge in [0.15, 0.2) is 0 Å². The molecule has 0 bridgehead atoms. The van der Waals surface area contributed by atoms with Gasteiger partial charge in [-0.25, -0.2) is 0 Å². The highest BCUT2D eigenvalue weighted by Gasteiger charge is 2.14. The summed E-state index contributed by atoms with van der Waals surface area (Å²) in [6.45, 7) is 1.74. The normalized spacial score (nSPS) is 10.1. The molecule has 0 atom stereocenters. The number of pyridine rings is 1. The number of aromatic nitrogens is 1. The minimum absolute atomic E-state index is 0.0943. The molecule has 0 fully saturated rings. The summed E-state index contributed by atoms with van der Waals surface area (Å²) < 4.78 is 0. The Morgan fingerprint density at radius 2 is 2.15 bits per heavy atom. The van der Waals surface area contributed by atoms with Crippen molar-refractivity contribution in [3.8, 4) is 0 Å². The van der Waals surface area contributed by atoms with Crippen molar-refractivity contribution in [3.05, 3.63) is 62.9 Å². The third-order valence-electron chi connectivity index (χ3n) is 2.69. The van der Waals surface area contributed by atoms with Crippen LogP contribution in [0, 0.1) is 17.0 Å². The van der Waals surface area contributed by atoms with Gasteiger partial charge in [0.05, 0.1) is 21.2 Å². The number of rotatable bonds is 3. The highest BCUT2D eigenvalue weighted by atomic mass is 35.5. The van der Waals surface area contributed by atoms with Crippen molar-refractivity contribution in [2.75, 3.05) is 5.32 Å². The van der Waals surface area contributed by atoms with Crippen LogP contribution in [0.5, 0.6) is 0 Å². The van der Waals surface area contributed by atoms with E-state index in [-0.39, 0.29) is 16.3 Å². The maximum absolute atomic E-state index is 12.1. The highest BCUT2D eigenvalue weighted by molar-refractivity contribution is 6.34. The van der Waals surface area contributed by atoms with Gasteiger partial charge in [0.2, 0.25) is 0 Å². The fourth-order valence-corrected chi connectivity index (χ4v) is 1.78. The number of anilines is 1. The van der Waals surface area contributed by atoms with E-state index in [0.717, 1.165) is 0 Å². The minimum Gasteiger partial charge on any atom is -0.321 e. The zero-order valence-electron chi connectivity index (χ0n) is 10.5. The first kappa shape index (κ1) is 14.0. The number of hydrogen-bond acceptors (Lipinski definition) is 4. The molecule has 102 valence electrons. The molecule has 0 aliphatic heterocycles. The van der Waals surface area contributed by atoms with Gasteiger partial charge in [-0.05, 0) is 18.6 Å². The summed E-state index contributed by atoms with van der Waals surface area (Å²) in [5.74, 6) is -0.466. The lowest BCUT2D eigenvalue weighted by molar-refractivity contribution is -0.384. The number of nitrogens with one attached hydrogen (secondary N) is 1. The number of carbonyl (C=O) groups excluding carboxylic acids is 1. The summed E-state index contributed by atoms with van der Waals surface area (Å²) in [7, 11) is 0. The first-order valence-electron chi connectivity index (χ1n) is 5.65. The van der Waals surface area contributed by atoms with Crippen molar-refractivity contribution in [1.82, 2.24) is 4.98 Å². The summed E-state index contributed by atoms with van der Waals surface area (Å²) >= 11 is 5.90. The standard InChI is InChI=1S/C13H10ClN3O3/c1-8-2-3-9(17(19)20)6-12(8)16-13(18)10-7-15-5-4-11(10)14/h2-7H,1H3,(H,16,18). The molecular weight excluding hydrogens is 282 g/mol. The van der Waals surface area contributed by atoms with Gasteiger partial charge in [-0.1, -0.05) is 17.7 Å². The molecule has 7 heteroatoms. The van der Waals surface area contributed by atoms with E-state index in [2.05, 4.69) is 10.3 Å². The third kappa shape index (κ3) is 2.92. The van der Waals surface area contributed by atoms with Crippen LogP contribution in [0.1, 0.15) is 15.9 Å². The smallest absolute Gasteiger partial charge is 0.271 e. The van der Waals surface area contributed by atoms with Crippen molar-refractivity contribution in [2.24, 2.45) is 0 Å². The summed E-state index contributed by atoms with van der Waals surface area (Å²) in [4.78, 5) is 26.1. The summed E-state index contributed by atoms with van der Waals surface area (Å²) in [5, 5.41) is 13.6. The monoisotopic (exact) mass is 291 g/mol. The Morgan fingerprint density at radius 1 is 1.40 bits per heavy atom. The fourth-order valence-electron chi connectivity index (χ4n) is 1.59. The van der Waals surface area contributed by atoms with Crippen LogP contribution in [0.15, 0.2) is 36.7 Å². The number of aryl methyl sites for hydroxylation is 1. The summed E-state index contributed by atoms with van der Waals surface area (Å²) in [6.07, 6.45) is 2.81. The first-order chi connectivity index (χ1) is 9.49. The van der Waals surface area contributed by atoms with Crippen LogP contribution in [-0.4, -0.2) is 15.8 Å². The van der Waals surface area contributed by atoms with E-state index in [1.807, 2.05) is 0 Å². The molecule has 1 amide bonds. The summed E-state index contributed by atoms with van der Waals surface area (Å²) in [6, 6.07) is 5.74. The second-order valence-corrected chi connectivity index (χ2v) is 4.47. The van der Waals surface area contributed by atoms with Crippen LogP contribution in [0.3, 0.4) is 0 Å². The molecule has 20 heavy (non-hydrogen) atoms. The van der Waals surface area contributed by atoms with Crippen molar-refractivity contribution >= 4 is 28.9 Å². The molecule has 0 spiro atoms. The lowest BCUT2D eigenvalue weighted by Crippen LogP contribution is -2.13. The Hall–Kier alpha value is -2.47. The van der Waals surface area contributed by atoms with Crippen LogP contribution in [-0.2, 0) is 0 Å². The number of nitrogens with zero attached hydrogens (tertiary/aromatic N) is 2. The number of benzene rings is 1. The number of halogens is 1. The Labute approximate surface area is 119 Å². The molecule has 0 aliphatic carbocycles. The van der Waals surface area contributed by atoms with E-state index >= 15 is 0 Å². The van der Waals surface area contributed by atoms with Gasteiger partial charge in [0, 0.05) is 24.5 Å². The van der Waals surface area contributed by atoms with Crippen LogP contribution in [0.4, 0.5) is 11.4 Å². The average molecular weight is 292 g/mol. The maximum Gasteiger partial charge on any atom is 0.271 e. The number of nitro groups is 1. The Kier molecular flexibility index (Phi) is 3.95. The molecule has 2 aromatic rings. The molecule has 0 radical (unpaired) electrons. The third-order valence-corrected chi connectivity index (χ3v) is 3.02. The van der Waals surface area contributed by atoms with Crippen molar-refractivity contribution in [3.63, 3.8) is 0 Å². The molecule has 1 aromatic heterocycles. The highest BCUT2D eigenvalue weighted by Crippen LogP contribution is 2.23. The van der Waals surface area contributed by atoms with Gasteiger partial charge < -0.3 is 5.32 Å². The predicted octanol–water partition coefficient (Wildman–Crippen LogP) is 3.20. The van der Waals surface area contributed by atoms with E-state index in [9.17, 15) is 14.9 Å². The zero-order chi connectivity index (χ0) is 14.7. The van der Waals surface area contributed by atoms with E-state index in [0.29, 0.717) is 11.3 Å². The van der Waals surface area contributed by atoms with Crippen LogP contribution >= 0.6 is 11.6 Å². The molecular formula is C13H10ClN3O3. The predicted molar refractivity (Wildman–Crippen MR) is 75.0 cm³/mol. The van der Waals surface area contributed by atoms with Crippen molar-refractivity contribution in [2.45, 2.75) is 6.92 Å². The van der Waals surface area contributed by atoms with Crippen LogP contribution in [0.25, 0.3) is 0 Å². The zero-order valence-corrected chi connectivity index (χ0v) is 11.2. The SMILES string of the molecule is Cc1ccc([N+](=O)[O-])cc1NC(=O)c1cnccc1Cl. The van der Waals surface area contributed by atoms with Gasteiger partial charge in [0.1, 0.15) is 0 Å². The van der Waals surface area contributed by atoms with E-state index in [4.69, 9.17) is 11.6 Å². The van der Waals surface area contributed by atoms with Crippen LogP contribution < -0.4 is 5.32 Å². The van der Waals surface area contributed by atoms with Gasteiger partial charge in [-0.2, -0.15) is 0 Å². The van der Waals surface area contributed by atoms with Gasteiger partial charge in [0.25, 0.3) is 11.6 Å². The molecule has 1 heterocycles. The fraction of sp³-hybridized carbons (Fsp3) is 0.0769. The average Bonchev–Trinajstić information content (AvgIpc) is 2.41. The lowest BCUT2D eigenvalue weighted by Gasteiger charge is -2.08.